The molecule has 2 rings (SSSR count). The number of alkyl halides is 3. The molecule has 0 bridgehead atoms. The minimum Gasteiger partial charge on any atom is -0.394 e. The Kier molecular flexibility index (Phi) is 4.84. The second kappa shape index (κ2) is 6.44. The Morgan fingerprint density at radius 1 is 1.43 bits per heavy atom. The van der Waals surface area contributed by atoms with Gasteiger partial charge in [-0.25, -0.2) is 0 Å². The number of carbonyl (C=O) groups is 1. The van der Waals surface area contributed by atoms with E-state index in [2.05, 4.69) is 0 Å². The molecular formula is C14H16F3NO3. The van der Waals surface area contributed by atoms with Crippen molar-refractivity contribution in [2.45, 2.75) is 18.6 Å². The summed E-state index contributed by atoms with van der Waals surface area (Å²) in [5, 5.41) is 9.20. The van der Waals surface area contributed by atoms with Crippen LogP contribution in [-0.2, 0) is 22.1 Å². The number of aliphatic hydroxyl groups excluding tert-OH is 1. The van der Waals surface area contributed by atoms with Crippen molar-refractivity contribution in [3.63, 3.8) is 0 Å². The first-order valence-corrected chi connectivity index (χ1v) is 6.56. The summed E-state index contributed by atoms with van der Waals surface area (Å²) in [4.78, 5) is 13.6. The van der Waals surface area contributed by atoms with Gasteiger partial charge >= 0.3 is 6.18 Å². The van der Waals surface area contributed by atoms with Crippen LogP contribution in [0.2, 0.25) is 0 Å². The van der Waals surface area contributed by atoms with Gasteiger partial charge in [-0.2, -0.15) is 13.2 Å². The Balaban J connectivity index is 2.08. The Hall–Kier alpha value is -1.60. The van der Waals surface area contributed by atoms with E-state index >= 15 is 0 Å². The van der Waals surface area contributed by atoms with Crippen LogP contribution >= 0.6 is 0 Å². The lowest BCUT2D eigenvalue weighted by atomic mass is 10.1. The number of rotatable bonds is 3. The van der Waals surface area contributed by atoms with Crippen molar-refractivity contribution in [1.29, 1.82) is 0 Å². The quantitative estimate of drug-likeness (QED) is 0.920. The van der Waals surface area contributed by atoms with Crippen molar-refractivity contribution in [3.05, 3.63) is 35.4 Å². The lowest BCUT2D eigenvalue weighted by Crippen LogP contribution is -2.51. The molecule has 1 amide bonds. The van der Waals surface area contributed by atoms with Gasteiger partial charge in [0.15, 0.2) is 0 Å². The van der Waals surface area contributed by atoms with Crippen LogP contribution in [0.3, 0.4) is 0 Å². The van der Waals surface area contributed by atoms with E-state index in [1.807, 2.05) is 0 Å². The van der Waals surface area contributed by atoms with Crippen molar-refractivity contribution < 1.29 is 27.8 Å². The molecule has 21 heavy (non-hydrogen) atoms. The average molecular weight is 303 g/mol. The largest absolute Gasteiger partial charge is 0.416 e. The summed E-state index contributed by atoms with van der Waals surface area (Å²) in [6.07, 6.45) is -4.55. The Morgan fingerprint density at radius 3 is 2.86 bits per heavy atom. The monoisotopic (exact) mass is 303 g/mol. The molecule has 0 saturated carbocycles. The molecule has 116 valence electrons. The van der Waals surface area contributed by atoms with Crippen LogP contribution < -0.4 is 0 Å². The molecule has 0 aliphatic carbocycles. The van der Waals surface area contributed by atoms with Crippen molar-refractivity contribution in [1.82, 2.24) is 4.90 Å². The van der Waals surface area contributed by atoms with Gasteiger partial charge in [0.05, 0.1) is 37.8 Å². The zero-order valence-corrected chi connectivity index (χ0v) is 11.3. The molecular weight excluding hydrogens is 287 g/mol. The third-order valence-corrected chi connectivity index (χ3v) is 3.37. The maximum Gasteiger partial charge on any atom is 0.416 e. The van der Waals surface area contributed by atoms with Crippen LogP contribution in [0.25, 0.3) is 0 Å². The molecule has 0 radical (unpaired) electrons. The first-order chi connectivity index (χ1) is 9.91. The first-order valence-electron chi connectivity index (χ1n) is 6.56. The van der Waals surface area contributed by atoms with Crippen molar-refractivity contribution >= 4 is 5.91 Å². The van der Waals surface area contributed by atoms with Crippen molar-refractivity contribution in [2.75, 3.05) is 26.4 Å². The van der Waals surface area contributed by atoms with E-state index in [1.165, 1.54) is 17.0 Å². The van der Waals surface area contributed by atoms with Gasteiger partial charge in [-0.05, 0) is 11.6 Å². The van der Waals surface area contributed by atoms with Crippen LogP contribution in [0.1, 0.15) is 11.1 Å². The summed E-state index contributed by atoms with van der Waals surface area (Å²) >= 11 is 0. The fraction of sp³-hybridized carbons (Fsp3) is 0.500. The molecule has 0 spiro atoms. The van der Waals surface area contributed by atoms with Gasteiger partial charge in [0.1, 0.15) is 0 Å². The highest BCUT2D eigenvalue weighted by molar-refractivity contribution is 5.79. The van der Waals surface area contributed by atoms with Gasteiger partial charge in [0.25, 0.3) is 0 Å². The van der Waals surface area contributed by atoms with Crippen LogP contribution in [0, 0.1) is 0 Å². The summed E-state index contributed by atoms with van der Waals surface area (Å²) in [6, 6.07) is 4.29. The van der Waals surface area contributed by atoms with E-state index in [0.717, 1.165) is 12.1 Å². The number of aliphatic hydroxyl groups is 1. The molecule has 1 aromatic rings. The molecule has 1 aliphatic rings. The molecule has 4 nitrogen and oxygen atoms in total. The minimum atomic E-state index is -4.42. The summed E-state index contributed by atoms with van der Waals surface area (Å²) in [6.45, 7) is 0.715. The molecule has 1 saturated heterocycles. The first kappa shape index (κ1) is 15.8. The maximum absolute atomic E-state index is 12.6. The van der Waals surface area contributed by atoms with Crippen molar-refractivity contribution in [2.24, 2.45) is 0 Å². The van der Waals surface area contributed by atoms with Gasteiger partial charge < -0.3 is 14.7 Å². The topological polar surface area (TPSA) is 49.8 Å². The smallest absolute Gasteiger partial charge is 0.394 e. The summed E-state index contributed by atoms with van der Waals surface area (Å²) in [7, 11) is 0. The average Bonchev–Trinajstić information content (AvgIpc) is 2.46. The maximum atomic E-state index is 12.6. The second-order valence-electron chi connectivity index (χ2n) is 4.87. The highest BCUT2D eigenvalue weighted by Crippen LogP contribution is 2.29. The SMILES string of the molecule is O=C(Cc1cccc(C(F)(F)F)c1)N1CCOCC1CO. The van der Waals surface area contributed by atoms with Crippen LogP contribution in [0.15, 0.2) is 24.3 Å². The number of hydrogen-bond donors (Lipinski definition) is 1. The summed E-state index contributed by atoms with van der Waals surface area (Å²) in [5.41, 5.74) is -0.466. The number of ether oxygens (including phenoxy) is 1. The lowest BCUT2D eigenvalue weighted by molar-refractivity contribution is -0.141. The van der Waals surface area contributed by atoms with Crippen LogP contribution in [0.5, 0.6) is 0 Å². The van der Waals surface area contributed by atoms with Gasteiger partial charge in [-0.15, -0.1) is 0 Å². The molecule has 1 fully saturated rings. The Bertz CT molecular complexity index is 504. The van der Waals surface area contributed by atoms with E-state index in [0.29, 0.717) is 18.7 Å². The predicted molar refractivity (Wildman–Crippen MR) is 68.6 cm³/mol. The highest BCUT2D eigenvalue weighted by atomic mass is 19.4. The van der Waals surface area contributed by atoms with Crippen LogP contribution in [0.4, 0.5) is 13.2 Å². The third kappa shape index (κ3) is 3.95. The van der Waals surface area contributed by atoms with E-state index in [-0.39, 0.29) is 25.5 Å². The van der Waals surface area contributed by atoms with E-state index in [4.69, 9.17) is 4.74 Å². The van der Waals surface area contributed by atoms with Crippen LogP contribution in [-0.4, -0.2) is 48.3 Å². The molecule has 1 unspecified atom stereocenters. The lowest BCUT2D eigenvalue weighted by Gasteiger charge is -2.34. The van der Waals surface area contributed by atoms with E-state index in [1.54, 1.807) is 0 Å². The second-order valence-corrected chi connectivity index (χ2v) is 4.87. The number of morpholine rings is 1. The fourth-order valence-electron chi connectivity index (χ4n) is 2.27. The number of hydrogen-bond acceptors (Lipinski definition) is 3. The number of amides is 1. The van der Waals surface area contributed by atoms with Gasteiger partial charge in [0, 0.05) is 6.54 Å². The zero-order chi connectivity index (χ0) is 15.5. The number of carbonyl (C=O) groups excluding carboxylic acids is 1. The Morgan fingerprint density at radius 2 is 2.19 bits per heavy atom. The molecule has 1 aromatic carbocycles. The number of nitrogens with zero attached hydrogens (tertiary/aromatic N) is 1. The fourth-order valence-corrected chi connectivity index (χ4v) is 2.27. The molecule has 1 N–H and O–H groups in total. The molecule has 7 heteroatoms. The number of halogens is 3. The van der Waals surface area contributed by atoms with Gasteiger partial charge in [0.2, 0.25) is 5.91 Å². The molecule has 1 atom stereocenters. The van der Waals surface area contributed by atoms with Crippen molar-refractivity contribution in [3.8, 4) is 0 Å². The molecule has 1 heterocycles. The zero-order valence-electron chi connectivity index (χ0n) is 11.3. The summed E-state index contributed by atoms with van der Waals surface area (Å²) < 4.78 is 43.1. The Labute approximate surface area is 120 Å². The predicted octanol–water partition coefficient (Wildman–Crippen LogP) is 1.47. The standard InChI is InChI=1S/C14H16F3NO3/c15-14(16,17)11-3-1-2-10(6-11)7-13(20)18-4-5-21-9-12(18)8-19/h1-3,6,12,19H,4-5,7-9H2. The minimum absolute atomic E-state index is 0.125. The molecule has 1 aliphatic heterocycles. The van der Waals surface area contributed by atoms with E-state index < -0.39 is 17.8 Å². The van der Waals surface area contributed by atoms with E-state index in [9.17, 15) is 23.1 Å². The number of benzene rings is 1. The highest BCUT2D eigenvalue weighted by Gasteiger charge is 2.31. The third-order valence-electron chi connectivity index (χ3n) is 3.37. The molecule has 0 aromatic heterocycles. The summed E-state index contributed by atoms with van der Waals surface area (Å²) in [5.74, 6) is -0.309. The van der Waals surface area contributed by atoms with Gasteiger partial charge in [-0.1, -0.05) is 18.2 Å². The van der Waals surface area contributed by atoms with Gasteiger partial charge in [-0.3, -0.25) is 4.79 Å². The normalized spacial score (nSPS) is 19.6.